The molecule has 9 heteroatoms. The van der Waals surface area contributed by atoms with Gasteiger partial charge in [-0.25, -0.2) is 0 Å². The number of ketones is 1. The van der Waals surface area contributed by atoms with Crippen LogP contribution < -0.4 is 0 Å². The van der Waals surface area contributed by atoms with Crippen molar-refractivity contribution in [2.24, 2.45) is 11.8 Å². The van der Waals surface area contributed by atoms with E-state index in [2.05, 4.69) is 80.0 Å². The molecule has 41 heavy (non-hydrogen) atoms. The van der Waals surface area contributed by atoms with Gasteiger partial charge in [-0.1, -0.05) is 71.8 Å². The summed E-state index contributed by atoms with van der Waals surface area (Å²) in [6.45, 7) is 25.5. The van der Waals surface area contributed by atoms with E-state index in [4.69, 9.17) is 18.3 Å². The number of carbonyl (C=O) groups excluding carboxylic acids is 3. The molecular weight excluding hydrogens is 553 g/mol. The molecule has 0 aromatic rings. The second-order valence-electron chi connectivity index (χ2n) is 14.2. The van der Waals surface area contributed by atoms with E-state index in [-0.39, 0.29) is 29.6 Å². The molecule has 1 saturated carbocycles. The van der Waals surface area contributed by atoms with Gasteiger partial charge >= 0.3 is 11.9 Å². The van der Waals surface area contributed by atoms with Gasteiger partial charge in [-0.15, -0.1) is 0 Å². The summed E-state index contributed by atoms with van der Waals surface area (Å²) in [4.78, 5) is 38.5. The zero-order valence-corrected chi connectivity index (χ0v) is 29.8. The smallest absolute Gasteiger partial charge is 0.317 e. The first-order chi connectivity index (χ1) is 18.8. The Morgan fingerprint density at radius 3 is 2.22 bits per heavy atom. The number of unbranched alkanes of at least 4 members (excludes halogenated alkanes) is 2. The van der Waals surface area contributed by atoms with Crippen molar-refractivity contribution in [1.29, 1.82) is 0 Å². The molecule has 0 saturated heterocycles. The molecule has 5 atom stereocenters. The first-order valence-electron chi connectivity index (χ1n) is 15.3. The van der Waals surface area contributed by atoms with Crippen molar-refractivity contribution in [3.8, 4) is 0 Å². The van der Waals surface area contributed by atoms with Crippen LogP contribution in [0.1, 0.15) is 86.0 Å². The third-order valence-electron chi connectivity index (χ3n) is 8.18. The lowest BCUT2D eigenvalue weighted by Crippen LogP contribution is -2.45. The summed E-state index contributed by atoms with van der Waals surface area (Å²) in [7, 11) is -2.78. The Labute approximate surface area is 252 Å². The van der Waals surface area contributed by atoms with Gasteiger partial charge < -0.3 is 18.3 Å². The van der Waals surface area contributed by atoms with Crippen LogP contribution in [0.5, 0.6) is 0 Å². The Hall–Kier alpha value is -1.56. The van der Waals surface area contributed by atoms with Crippen LogP contribution in [-0.4, -0.2) is 59.3 Å². The van der Waals surface area contributed by atoms with Crippen LogP contribution in [0.3, 0.4) is 0 Å². The Morgan fingerprint density at radius 2 is 1.71 bits per heavy atom. The monoisotopic (exact) mass is 610 g/mol. The summed E-state index contributed by atoms with van der Waals surface area (Å²) >= 11 is 0. The molecule has 0 heterocycles. The van der Waals surface area contributed by atoms with E-state index >= 15 is 0 Å². The minimum absolute atomic E-state index is 0.0495. The van der Waals surface area contributed by atoms with E-state index in [1.165, 1.54) is 7.11 Å². The average molecular weight is 611 g/mol. The summed E-state index contributed by atoms with van der Waals surface area (Å²) < 4.78 is 24.0. The second-order valence-corrected chi connectivity index (χ2v) is 23.3. The van der Waals surface area contributed by atoms with E-state index < -0.39 is 52.2 Å². The highest BCUT2D eigenvalue weighted by Crippen LogP contribution is 2.43. The van der Waals surface area contributed by atoms with Gasteiger partial charge in [0.25, 0.3) is 0 Å². The standard InChI is InChI=1S/C32H58O7Si2/c1-13-15-16-21-32(6,39-40(8,9)10)22-20-25-27(38-41(11,12)31(3,4)5)23-26(33)29(25)30(35)37-24(14-2)18-17-19-28(34)36-7/h14,20,22,24-25,27,29H,2,13,15-19,21,23H2,1,3-12H3/b22-20+/t24?,25-,27+,29+,32?/m0/s1. The third-order valence-corrected chi connectivity index (χ3v) is 13.8. The van der Waals surface area contributed by atoms with Gasteiger partial charge in [0.15, 0.2) is 16.6 Å². The van der Waals surface area contributed by atoms with Crippen LogP contribution in [0.25, 0.3) is 0 Å². The molecule has 0 aromatic heterocycles. The van der Waals surface area contributed by atoms with E-state index in [1.807, 2.05) is 6.08 Å². The number of esters is 2. The molecule has 1 aliphatic carbocycles. The fourth-order valence-electron chi connectivity index (χ4n) is 5.00. The number of hydrogen-bond donors (Lipinski definition) is 0. The van der Waals surface area contributed by atoms with E-state index in [0.717, 1.165) is 25.7 Å². The predicted molar refractivity (Wildman–Crippen MR) is 171 cm³/mol. The molecule has 0 spiro atoms. The van der Waals surface area contributed by atoms with Crippen LogP contribution in [0.15, 0.2) is 24.8 Å². The van der Waals surface area contributed by atoms with Crippen LogP contribution in [0, 0.1) is 11.8 Å². The van der Waals surface area contributed by atoms with Crippen molar-refractivity contribution < 1.29 is 32.7 Å². The van der Waals surface area contributed by atoms with E-state index in [0.29, 0.717) is 12.8 Å². The highest BCUT2D eigenvalue weighted by Gasteiger charge is 2.51. The molecular formula is C32H58O7Si2. The molecule has 0 N–H and O–H groups in total. The number of ether oxygens (including phenoxy) is 2. The topological polar surface area (TPSA) is 88.1 Å². The number of rotatable bonds is 17. The van der Waals surface area contributed by atoms with Gasteiger partial charge in [0.05, 0.1) is 18.8 Å². The Morgan fingerprint density at radius 1 is 1.07 bits per heavy atom. The molecule has 7 nitrogen and oxygen atoms in total. The first-order valence-corrected chi connectivity index (χ1v) is 21.6. The lowest BCUT2D eigenvalue weighted by molar-refractivity contribution is -0.155. The summed E-state index contributed by atoms with van der Waals surface area (Å²) in [6, 6.07) is 0. The average Bonchev–Trinajstić information content (AvgIpc) is 3.14. The van der Waals surface area contributed by atoms with Crippen molar-refractivity contribution in [1.82, 2.24) is 0 Å². The van der Waals surface area contributed by atoms with Gasteiger partial charge in [0, 0.05) is 18.8 Å². The van der Waals surface area contributed by atoms with Gasteiger partial charge in [-0.3, -0.25) is 14.4 Å². The Balaban J connectivity index is 3.36. The van der Waals surface area contributed by atoms with E-state index in [1.54, 1.807) is 6.08 Å². The summed E-state index contributed by atoms with van der Waals surface area (Å²) in [5, 5.41) is -0.0495. The zero-order valence-electron chi connectivity index (χ0n) is 27.8. The summed E-state index contributed by atoms with van der Waals surface area (Å²) in [5.74, 6) is -2.46. The number of Topliss-reactive ketones (excluding diaryl/α,β-unsaturated/α-hetero) is 1. The van der Waals surface area contributed by atoms with Gasteiger partial charge in [0.2, 0.25) is 0 Å². The van der Waals surface area contributed by atoms with Gasteiger partial charge in [-0.2, -0.15) is 0 Å². The molecule has 0 bridgehead atoms. The lowest BCUT2D eigenvalue weighted by atomic mass is 9.90. The quantitative estimate of drug-likeness (QED) is 0.0546. The van der Waals surface area contributed by atoms with E-state index in [9.17, 15) is 14.4 Å². The van der Waals surface area contributed by atoms with Crippen LogP contribution in [0.2, 0.25) is 37.8 Å². The zero-order chi connectivity index (χ0) is 31.6. The largest absolute Gasteiger partial charge is 0.469 e. The Kier molecular flexibility index (Phi) is 14.4. The normalized spacial score (nSPS) is 22.4. The number of hydrogen-bond acceptors (Lipinski definition) is 7. The van der Waals surface area contributed by atoms with Crippen molar-refractivity contribution in [3.05, 3.63) is 24.8 Å². The van der Waals surface area contributed by atoms with Crippen LogP contribution in [0.4, 0.5) is 0 Å². The maximum absolute atomic E-state index is 13.6. The number of carbonyl (C=O) groups is 3. The van der Waals surface area contributed by atoms with Crippen LogP contribution in [-0.2, 0) is 32.7 Å². The molecule has 2 unspecified atom stereocenters. The van der Waals surface area contributed by atoms with Gasteiger partial charge in [-0.05, 0) is 64.0 Å². The number of methoxy groups -OCH3 is 1. The summed E-state index contributed by atoms with van der Waals surface area (Å²) in [5.41, 5.74) is -0.501. The molecule has 0 aliphatic heterocycles. The maximum Gasteiger partial charge on any atom is 0.317 e. The maximum atomic E-state index is 13.6. The third kappa shape index (κ3) is 12.3. The highest BCUT2D eigenvalue weighted by atomic mass is 28.4. The second kappa shape index (κ2) is 15.8. The minimum atomic E-state index is -2.24. The molecule has 0 radical (unpaired) electrons. The van der Waals surface area contributed by atoms with Gasteiger partial charge in [0.1, 0.15) is 17.8 Å². The van der Waals surface area contributed by atoms with Crippen molar-refractivity contribution in [2.45, 2.75) is 142 Å². The first kappa shape index (κ1) is 37.5. The molecule has 1 aliphatic rings. The predicted octanol–water partition coefficient (Wildman–Crippen LogP) is 7.77. The van der Waals surface area contributed by atoms with Crippen LogP contribution >= 0.6 is 0 Å². The lowest BCUT2D eigenvalue weighted by Gasteiger charge is -2.40. The molecule has 236 valence electrons. The summed E-state index contributed by atoms with van der Waals surface area (Å²) in [6.07, 6.45) is 10.1. The molecule has 0 aromatic carbocycles. The molecule has 0 amide bonds. The Bertz CT molecular complexity index is 916. The minimum Gasteiger partial charge on any atom is -0.469 e. The van der Waals surface area contributed by atoms with Crippen molar-refractivity contribution >= 4 is 34.4 Å². The molecule has 1 rings (SSSR count). The van der Waals surface area contributed by atoms with Crippen molar-refractivity contribution in [3.63, 3.8) is 0 Å². The fraction of sp³-hybridized carbons (Fsp3) is 0.781. The highest BCUT2D eigenvalue weighted by molar-refractivity contribution is 6.74. The SMILES string of the molecule is C=CC(CCCC(=O)OC)OC(=O)[C@H]1C(=O)C[C@@H](O[Si](C)(C)C(C)(C)C)[C@@H]1/C=C/C(C)(CCCCC)O[Si](C)(C)C. The van der Waals surface area contributed by atoms with Crippen molar-refractivity contribution in [2.75, 3.05) is 7.11 Å². The molecule has 1 fully saturated rings. The fourth-order valence-corrected chi connectivity index (χ4v) is 7.92.